The molecule has 0 aromatic heterocycles. The summed E-state index contributed by atoms with van der Waals surface area (Å²) in [5.41, 5.74) is 0.471. The Morgan fingerprint density at radius 2 is 1.73 bits per heavy atom. The Morgan fingerprint density at radius 3 is 2.27 bits per heavy atom. The molecular formula is C13H20IO-. The van der Waals surface area contributed by atoms with Gasteiger partial charge in [0.2, 0.25) is 0 Å². The van der Waals surface area contributed by atoms with Gasteiger partial charge in [-0.25, -0.2) is 0 Å². The first-order chi connectivity index (χ1) is 6.97. The molecule has 2 heteroatoms. The molecule has 0 fully saturated rings. The van der Waals surface area contributed by atoms with Crippen molar-refractivity contribution in [3.63, 3.8) is 0 Å². The molecule has 0 aliphatic carbocycles. The van der Waals surface area contributed by atoms with Crippen molar-refractivity contribution in [2.45, 2.75) is 33.6 Å². The van der Waals surface area contributed by atoms with Crippen molar-refractivity contribution in [3.05, 3.63) is 27.8 Å². The van der Waals surface area contributed by atoms with Gasteiger partial charge in [0.25, 0.3) is 0 Å². The number of phenols is 1. The monoisotopic (exact) mass is 319 g/mol. The molecule has 0 radical (unpaired) electrons. The molecule has 0 bridgehead atoms. The van der Waals surface area contributed by atoms with Crippen LogP contribution in [0.15, 0.2) is 24.3 Å². The van der Waals surface area contributed by atoms with Gasteiger partial charge < -0.3 is 0 Å². The third kappa shape index (κ3) is 6.03. The second kappa shape index (κ2) is 5.73. The molecule has 1 N–H and O–H groups in total. The molecule has 0 spiro atoms. The predicted octanol–water partition coefficient (Wildman–Crippen LogP) is 0.477. The average molecular weight is 319 g/mol. The molecule has 86 valence electrons. The van der Waals surface area contributed by atoms with Crippen molar-refractivity contribution >= 4 is 0 Å². The van der Waals surface area contributed by atoms with E-state index in [1.807, 2.05) is 0 Å². The summed E-state index contributed by atoms with van der Waals surface area (Å²) in [5, 5.41) is 9.15. The van der Waals surface area contributed by atoms with Crippen LogP contribution >= 0.6 is 0 Å². The van der Waals surface area contributed by atoms with Gasteiger partial charge in [-0.15, -0.1) is 0 Å². The number of alkyl halides is 1. The molecule has 0 heterocycles. The fourth-order valence-electron chi connectivity index (χ4n) is 1.30. The summed E-state index contributed by atoms with van der Waals surface area (Å²) in [4.78, 5) is 0. The van der Waals surface area contributed by atoms with Gasteiger partial charge in [0.15, 0.2) is 0 Å². The van der Waals surface area contributed by atoms with Gasteiger partial charge in [-0.05, 0) is 0 Å². The van der Waals surface area contributed by atoms with Crippen molar-refractivity contribution in [1.29, 1.82) is 0 Å². The van der Waals surface area contributed by atoms with E-state index >= 15 is 0 Å². The Morgan fingerprint density at radius 1 is 1.13 bits per heavy atom. The Kier molecular flexibility index (Phi) is 4.90. The number of hydrogen-bond donors (Lipinski definition) is 1. The normalized spacial score (nSPS) is 11.9. The Hall–Kier alpha value is -0.250. The quantitative estimate of drug-likeness (QED) is 0.486. The zero-order valence-electron chi connectivity index (χ0n) is 9.76. The van der Waals surface area contributed by atoms with Crippen molar-refractivity contribution < 1.29 is 26.3 Å². The van der Waals surface area contributed by atoms with E-state index in [1.54, 1.807) is 12.1 Å². The van der Waals surface area contributed by atoms with Gasteiger partial charge in [-0.1, -0.05) is 0 Å². The standard InChI is InChI=1S/C13H20IO/c1-13(2,3)9-4-10-14-11-5-7-12(15)8-6-11/h5-8,15H,4,9-10H2,1-3H3/q-1. The number of rotatable bonds is 4. The van der Waals surface area contributed by atoms with Crippen LogP contribution in [0.1, 0.15) is 33.6 Å². The SMILES string of the molecule is CC(C)(C)CCC[I-]c1ccc(O)cc1. The molecule has 0 aliphatic rings. The molecular weight excluding hydrogens is 299 g/mol. The van der Waals surface area contributed by atoms with Crippen LogP contribution in [0.25, 0.3) is 0 Å². The molecule has 0 amide bonds. The van der Waals surface area contributed by atoms with E-state index in [4.69, 9.17) is 5.11 Å². The predicted molar refractivity (Wildman–Crippen MR) is 60.4 cm³/mol. The Bertz CT molecular complexity index is 284. The second-order valence-electron chi connectivity index (χ2n) is 4.96. The van der Waals surface area contributed by atoms with Gasteiger partial charge in [-0.3, -0.25) is 0 Å². The summed E-state index contributed by atoms with van der Waals surface area (Å²) in [5.74, 6) is 0.373. The topological polar surface area (TPSA) is 20.2 Å². The summed E-state index contributed by atoms with van der Waals surface area (Å²) in [7, 11) is 0. The fraction of sp³-hybridized carbons (Fsp3) is 0.538. The van der Waals surface area contributed by atoms with Crippen LogP contribution in [-0.4, -0.2) is 9.53 Å². The first kappa shape index (κ1) is 12.8. The zero-order valence-corrected chi connectivity index (χ0v) is 11.9. The number of aromatic hydroxyl groups is 1. The van der Waals surface area contributed by atoms with Crippen molar-refractivity contribution in [2.75, 3.05) is 4.43 Å². The minimum atomic E-state index is 0.148. The third-order valence-electron chi connectivity index (χ3n) is 2.14. The molecule has 1 aromatic carbocycles. The maximum atomic E-state index is 9.15. The summed E-state index contributed by atoms with van der Waals surface area (Å²) in [6, 6.07) is 7.69. The first-order valence-electron chi connectivity index (χ1n) is 5.35. The molecule has 1 rings (SSSR count). The molecule has 0 saturated heterocycles. The van der Waals surface area contributed by atoms with E-state index in [9.17, 15) is 0 Å². The Balaban J connectivity index is 2.23. The summed E-state index contributed by atoms with van der Waals surface area (Å²) in [6.45, 7) is 6.89. The number of phenolic OH excluding ortho intramolecular Hbond substituents is 1. The number of halogens is 1. The molecule has 0 atom stereocenters. The fourth-order valence-corrected chi connectivity index (χ4v) is 3.56. The average Bonchev–Trinajstić information content (AvgIpc) is 2.14. The van der Waals surface area contributed by atoms with Crippen LogP contribution in [0.4, 0.5) is 0 Å². The summed E-state index contributed by atoms with van der Waals surface area (Å²) < 4.78 is 2.78. The van der Waals surface area contributed by atoms with Crippen LogP contribution < -0.4 is 21.2 Å². The molecule has 1 aromatic rings. The van der Waals surface area contributed by atoms with E-state index in [1.165, 1.54) is 20.8 Å². The molecule has 15 heavy (non-hydrogen) atoms. The van der Waals surface area contributed by atoms with Gasteiger partial charge in [0.1, 0.15) is 0 Å². The van der Waals surface area contributed by atoms with Gasteiger partial charge in [0, 0.05) is 0 Å². The molecule has 1 nitrogen and oxygen atoms in total. The Labute approximate surface area is 103 Å². The van der Waals surface area contributed by atoms with E-state index in [0.717, 1.165) is 0 Å². The van der Waals surface area contributed by atoms with Gasteiger partial charge in [-0.2, -0.15) is 0 Å². The second-order valence-corrected chi connectivity index (χ2v) is 8.05. The van der Waals surface area contributed by atoms with Gasteiger partial charge in [0.05, 0.1) is 0 Å². The van der Waals surface area contributed by atoms with Crippen LogP contribution in [0.3, 0.4) is 0 Å². The van der Waals surface area contributed by atoms with Crippen molar-refractivity contribution in [3.8, 4) is 5.75 Å². The number of benzene rings is 1. The minimum absolute atomic E-state index is 0.148. The molecule has 0 unspecified atom stereocenters. The van der Waals surface area contributed by atoms with E-state index in [2.05, 4.69) is 32.9 Å². The zero-order chi connectivity index (χ0) is 11.3. The van der Waals surface area contributed by atoms with Crippen LogP contribution in [0, 0.1) is 8.99 Å². The van der Waals surface area contributed by atoms with E-state index in [-0.39, 0.29) is 21.2 Å². The van der Waals surface area contributed by atoms with Crippen LogP contribution in [-0.2, 0) is 0 Å². The maximum absolute atomic E-state index is 9.15. The van der Waals surface area contributed by atoms with Gasteiger partial charge >= 0.3 is 103 Å². The third-order valence-corrected chi connectivity index (χ3v) is 5.04. The summed E-state index contributed by atoms with van der Waals surface area (Å²) in [6.07, 6.45) is 2.64. The van der Waals surface area contributed by atoms with Crippen LogP contribution in [0.5, 0.6) is 5.75 Å². The molecule has 0 saturated carbocycles. The summed E-state index contributed by atoms with van der Waals surface area (Å²) >= 11 is 0.148. The van der Waals surface area contributed by atoms with E-state index < -0.39 is 0 Å². The van der Waals surface area contributed by atoms with E-state index in [0.29, 0.717) is 11.2 Å². The number of hydrogen-bond acceptors (Lipinski definition) is 1. The van der Waals surface area contributed by atoms with Crippen molar-refractivity contribution in [2.24, 2.45) is 5.41 Å². The van der Waals surface area contributed by atoms with Crippen molar-refractivity contribution in [1.82, 2.24) is 0 Å². The first-order valence-corrected chi connectivity index (χ1v) is 7.96. The van der Waals surface area contributed by atoms with Crippen LogP contribution in [0.2, 0.25) is 0 Å². The molecule has 0 aliphatic heterocycles.